The van der Waals surface area contributed by atoms with Gasteiger partial charge in [0.2, 0.25) is 0 Å². The van der Waals surface area contributed by atoms with Crippen molar-refractivity contribution < 1.29 is 5.11 Å². The van der Waals surface area contributed by atoms with Gasteiger partial charge in [-0.05, 0) is 37.0 Å². The third-order valence-corrected chi connectivity index (χ3v) is 3.70. The Hall–Kier alpha value is -1.09. The Morgan fingerprint density at radius 2 is 2.06 bits per heavy atom. The summed E-state index contributed by atoms with van der Waals surface area (Å²) in [7, 11) is 2.12. The van der Waals surface area contributed by atoms with Crippen molar-refractivity contribution in [1.82, 2.24) is 4.98 Å². The summed E-state index contributed by atoms with van der Waals surface area (Å²) in [4.78, 5) is 6.94. The summed E-state index contributed by atoms with van der Waals surface area (Å²) in [5.41, 5.74) is 2.04. The van der Waals surface area contributed by atoms with Crippen LogP contribution in [0.15, 0.2) is 12.1 Å². The number of aryl methyl sites for hydroxylation is 1. The Morgan fingerprint density at radius 3 is 2.65 bits per heavy atom. The molecule has 1 saturated carbocycles. The van der Waals surface area contributed by atoms with Gasteiger partial charge in [0.15, 0.2) is 0 Å². The van der Waals surface area contributed by atoms with Gasteiger partial charge in [-0.2, -0.15) is 0 Å². The van der Waals surface area contributed by atoms with Gasteiger partial charge in [-0.25, -0.2) is 4.98 Å². The molecule has 0 bridgehead atoms. The first-order valence-electron chi connectivity index (χ1n) is 6.58. The largest absolute Gasteiger partial charge is 0.392 e. The van der Waals surface area contributed by atoms with Gasteiger partial charge in [0, 0.05) is 18.8 Å². The van der Waals surface area contributed by atoms with Crippen molar-refractivity contribution in [3.63, 3.8) is 0 Å². The summed E-state index contributed by atoms with van der Waals surface area (Å²) in [6.07, 6.45) is 6.11. The molecule has 0 amide bonds. The summed E-state index contributed by atoms with van der Waals surface area (Å²) >= 11 is 0. The normalized spacial score (nSPS) is 16.4. The number of aliphatic hydroxyl groups is 1. The molecule has 0 aromatic carbocycles. The van der Waals surface area contributed by atoms with E-state index in [9.17, 15) is 5.11 Å². The summed E-state index contributed by atoms with van der Waals surface area (Å²) in [6.45, 7) is 2.20. The highest BCUT2D eigenvalue weighted by atomic mass is 16.3. The second-order valence-corrected chi connectivity index (χ2v) is 4.89. The number of anilines is 1. The summed E-state index contributed by atoms with van der Waals surface area (Å²) < 4.78 is 0. The number of nitrogens with zero attached hydrogens (tertiary/aromatic N) is 2. The molecule has 0 atom stereocenters. The van der Waals surface area contributed by atoms with Crippen LogP contribution in [0.25, 0.3) is 0 Å². The molecule has 1 aromatic rings. The van der Waals surface area contributed by atoms with Gasteiger partial charge in [-0.15, -0.1) is 0 Å². The highest BCUT2D eigenvalue weighted by molar-refractivity contribution is 5.43. The molecule has 1 aromatic heterocycles. The van der Waals surface area contributed by atoms with Crippen LogP contribution in [-0.4, -0.2) is 23.2 Å². The van der Waals surface area contributed by atoms with E-state index < -0.39 is 0 Å². The lowest BCUT2D eigenvalue weighted by molar-refractivity contribution is 0.281. The van der Waals surface area contributed by atoms with E-state index in [-0.39, 0.29) is 6.61 Å². The maximum Gasteiger partial charge on any atom is 0.129 e. The first-order chi connectivity index (χ1) is 8.24. The highest BCUT2D eigenvalue weighted by Crippen LogP contribution is 2.26. The molecule has 17 heavy (non-hydrogen) atoms. The van der Waals surface area contributed by atoms with Crippen LogP contribution < -0.4 is 4.90 Å². The number of aromatic nitrogens is 1. The predicted molar refractivity (Wildman–Crippen MR) is 70.2 cm³/mol. The maximum absolute atomic E-state index is 9.28. The van der Waals surface area contributed by atoms with Crippen LogP contribution >= 0.6 is 0 Å². The van der Waals surface area contributed by atoms with Crippen LogP contribution in [0.2, 0.25) is 0 Å². The van der Waals surface area contributed by atoms with E-state index in [1.165, 1.54) is 25.7 Å². The van der Waals surface area contributed by atoms with Crippen LogP contribution in [0, 0.1) is 0 Å². The fourth-order valence-electron chi connectivity index (χ4n) is 2.56. The first kappa shape index (κ1) is 12.4. The minimum Gasteiger partial charge on any atom is -0.392 e. The van der Waals surface area contributed by atoms with Crippen molar-refractivity contribution in [2.75, 3.05) is 11.9 Å². The summed E-state index contributed by atoms with van der Waals surface area (Å²) in [5, 5.41) is 9.28. The molecule has 0 aliphatic heterocycles. The van der Waals surface area contributed by atoms with Gasteiger partial charge in [-0.1, -0.05) is 19.8 Å². The Balaban J connectivity index is 2.23. The Bertz CT molecular complexity index is 350. The van der Waals surface area contributed by atoms with Crippen LogP contribution in [0.4, 0.5) is 5.82 Å². The van der Waals surface area contributed by atoms with E-state index >= 15 is 0 Å². The van der Waals surface area contributed by atoms with Crippen molar-refractivity contribution in [3.05, 3.63) is 23.4 Å². The predicted octanol–water partition coefficient (Wildman–Crippen LogP) is 2.52. The number of aliphatic hydroxyl groups excluding tert-OH is 1. The molecular formula is C14H22N2O. The van der Waals surface area contributed by atoms with Gasteiger partial charge in [0.25, 0.3) is 0 Å². The zero-order chi connectivity index (χ0) is 12.3. The molecule has 1 heterocycles. The van der Waals surface area contributed by atoms with E-state index in [0.29, 0.717) is 6.04 Å². The monoisotopic (exact) mass is 234 g/mol. The molecule has 1 N–H and O–H groups in total. The zero-order valence-electron chi connectivity index (χ0n) is 10.8. The second kappa shape index (κ2) is 5.50. The van der Waals surface area contributed by atoms with Gasteiger partial charge in [0.1, 0.15) is 5.82 Å². The van der Waals surface area contributed by atoms with E-state index in [4.69, 9.17) is 0 Å². The SMILES string of the molecule is CCc1cc(CO)cc(N(C)C2CCCC2)n1. The van der Waals surface area contributed by atoms with E-state index in [0.717, 1.165) is 23.5 Å². The van der Waals surface area contributed by atoms with E-state index in [1.807, 2.05) is 12.1 Å². The Labute approximate surface area is 103 Å². The van der Waals surface area contributed by atoms with Crippen LogP contribution in [0.3, 0.4) is 0 Å². The quantitative estimate of drug-likeness (QED) is 0.869. The van der Waals surface area contributed by atoms with E-state index in [2.05, 4.69) is 23.9 Å². The molecule has 2 rings (SSSR count). The molecule has 94 valence electrons. The fourth-order valence-corrected chi connectivity index (χ4v) is 2.56. The first-order valence-corrected chi connectivity index (χ1v) is 6.58. The lowest BCUT2D eigenvalue weighted by Gasteiger charge is -2.26. The molecule has 1 aliphatic carbocycles. The topological polar surface area (TPSA) is 36.4 Å². The van der Waals surface area contributed by atoms with Crippen molar-refractivity contribution in [2.24, 2.45) is 0 Å². The van der Waals surface area contributed by atoms with Crippen molar-refractivity contribution >= 4 is 5.82 Å². The summed E-state index contributed by atoms with van der Waals surface area (Å²) in [6, 6.07) is 4.63. The standard InChI is InChI=1S/C14H22N2O/c1-3-12-8-11(10-17)9-14(15-12)16(2)13-6-4-5-7-13/h8-9,13,17H,3-7,10H2,1-2H3. The van der Waals surface area contributed by atoms with Crippen molar-refractivity contribution in [3.8, 4) is 0 Å². The molecular weight excluding hydrogens is 212 g/mol. The molecule has 3 heteroatoms. The van der Waals surface area contributed by atoms with Crippen LogP contribution in [0.1, 0.15) is 43.9 Å². The third-order valence-electron chi connectivity index (χ3n) is 3.70. The zero-order valence-corrected chi connectivity index (χ0v) is 10.8. The minimum absolute atomic E-state index is 0.0982. The van der Waals surface area contributed by atoms with Crippen molar-refractivity contribution in [2.45, 2.75) is 51.7 Å². The van der Waals surface area contributed by atoms with Crippen molar-refractivity contribution in [1.29, 1.82) is 0 Å². The number of hydrogen-bond donors (Lipinski definition) is 1. The molecule has 0 unspecified atom stereocenters. The lowest BCUT2D eigenvalue weighted by atomic mass is 10.1. The maximum atomic E-state index is 9.28. The van der Waals surface area contributed by atoms with Crippen LogP contribution in [-0.2, 0) is 13.0 Å². The van der Waals surface area contributed by atoms with Gasteiger partial charge < -0.3 is 10.0 Å². The molecule has 3 nitrogen and oxygen atoms in total. The minimum atomic E-state index is 0.0982. The number of pyridine rings is 1. The van der Waals surface area contributed by atoms with E-state index in [1.54, 1.807) is 0 Å². The van der Waals surface area contributed by atoms with Crippen LogP contribution in [0.5, 0.6) is 0 Å². The number of hydrogen-bond acceptors (Lipinski definition) is 3. The number of rotatable bonds is 4. The smallest absolute Gasteiger partial charge is 0.129 e. The Morgan fingerprint density at radius 1 is 1.35 bits per heavy atom. The highest BCUT2D eigenvalue weighted by Gasteiger charge is 2.21. The molecule has 1 aliphatic rings. The van der Waals surface area contributed by atoms with Gasteiger partial charge >= 0.3 is 0 Å². The summed E-state index contributed by atoms with van der Waals surface area (Å²) in [5.74, 6) is 1.01. The van der Waals surface area contributed by atoms with Gasteiger partial charge in [-0.3, -0.25) is 0 Å². The molecule has 1 fully saturated rings. The average molecular weight is 234 g/mol. The third kappa shape index (κ3) is 2.78. The second-order valence-electron chi connectivity index (χ2n) is 4.89. The fraction of sp³-hybridized carbons (Fsp3) is 0.643. The lowest BCUT2D eigenvalue weighted by Crippen LogP contribution is -2.29. The molecule has 0 saturated heterocycles. The molecule has 0 spiro atoms. The molecule has 0 radical (unpaired) electrons. The average Bonchev–Trinajstić information content (AvgIpc) is 2.91. The Kier molecular flexibility index (Phi) is 4.00. The van der Waals surface area contributed by atoms with Gasteiger partial charge in [0.05, 0.1) is 6.61 Å².